The lowest BCUT2D eigenvalue weighted by atomic mass is 10.1. The Bertz CT molecular complexity index is 610. The molecule has 1 heterocycles. The Morgan fingerprint density at radius 2 is 2.12 bits per heavy atom. The summed E-state index contributed by atoms with van der Waals surface area (Å²) < 4.78 is 5.57. The van der Waals surface area contributed by atoms with Gasteiger partial charge in [0.1, 0.15) is 5.58 Å². The average molecular weight is 249 g/mol. The maximum Gasteiger partial charge on any atom is 0.201 e. The molecule has 1 atom stereocenters. The molecule has 0 radical (unpaired) electrons. The van der Waals surface area contributed by atoms with Gasteiger partial charge in [0.2, 0.25) is 5.78 Å². The number of fused-ring (bicyclic) bond motifs is 1. The van der Waals surface area contributed by atoms with Crippen molar-refractivity contribution in [1.29, 1.82) is 0 Å². The van der Waals surface area contributed by atoms with Gasteiger partial charge in [0.25, 0.3) is 0 Å². The summed E-state index contributed by atoms with van der Waals surface area (Å²) in [7, 11) is 0. The Kier molecular flexibility index (Phi) is 2.14. The molecule has 1 unspecified atom stereocenters. The van der Waals surface area contributed by atoms with Crippen LogP contribution in [0.25, 0.3) is 11.0 Å². The molecule has 3 heteroatoms. The van der Waals surface area contributed by atoms with Crippen molar-refractivity contribution >= 4 is 28.4 Å². The predicted molar refractivity (Wildman–Crippen MR) is 67.4 cm³/mol. The van der Waals surface area contributed by atoms with Crippen LogP contribution < -0.4 is 0 Å². The van der Waals surface area contributed by atoms with Gasteiger partial charge in [-0.3, -0.25) is 4.79 Å². The van der Waals surface area contributed by atoms with Gasteiger partial charge in [0.05, 0.1) is 0 Å². The topological polar surface area (TPSA) is 30.2 Å². The SMILES string of the molecule is CC1(C)CC1C(=O)c1cc2cc(Cl)ccc2o1. The first-order valence-corrected chi connectivity index (χ1v) is 6.08. The second-order valence-corrected chi connectivity index (χ2v) is 5.84. The molecule has 17 heavy (non-hydrogen) atoms. The fraction of sp³-hybridized carbons (Fsp3) is 0.357. The summed E-state index contributed by atoms with van der Waals surface area (Å²) in [5.74, 6) is 0.679. The molecule has 0 saturated heterocycles. The summed E-state index contributed by atoms with van der Waals surface area (Å²) >= 11 is 5.90. The van der Waals surface area contributed by atoms with Crippen molar-refractivity contribution < 1.29 is 9.21 Å². The lowest BCUT2D eigenvalue weighted by Gasteiger charge is -1.98. The average Bonchev–Trinajstić information content (AvgIpc) is 2.73. The highest BCUT2D eigenvalue weighted by Gasteiger charge is 2.51. The maximum absolute atomic E-state index is 12.2. The van der Waals surface area contributed by atoms with E-state index < -0.39 is 0 Å². The number of carbonyl (C=O) groups is 1. The van der Waals surface area contributed by atoms with Crippen LogP contribution in [-0.4, -0.2) is 5.78 Å². The highest BCUT2D eigenvalue weighted by atomic mass is 35.5. The standard InChI is InChI=1S/C14H13ClO2/c1-14(2)7-10(14)13(16)12-6-8-5-9(15)3-4-11(8)17-12/h3-6,10H,7H2,1-2H3. The van der Waals surface area contributed by atoms with Crippen molar-refractivity contribution in [1.82, 2.24) is 0 Å². The van der Waals surface area contributed by atoms with E-state index in [1.807, 2.05) is 6.07 Å². The van der Waals surface area contributed by atoms with E-state index in [0.717, 1.165) is 17.4 Å². The number of hydrogen-bond donors (Lipinski definition) is 0. The van der Waals surface area contributed by atoms with Gasteiger partial charge in [-0.15, -0.1) is 0 Å². The first kappa shape index (κ1) is 10.8. The van der Waals surface area contributed by atoms with Crippen molar-refractivity contribution in [2.75, 3.05) is 0 Å². The summed E-state index contributed by atoms with van der Waals surface area (Å²) in [6.45, 7) is 4.21. The van der Waals surface area contributed by atoms with E-state index in [9.17, 15) is 4.79 Å². The van der Waals surface area contributed by atoms with Gasteiger partial charge in [-0.1, -0.05) is 25.4 Å². The van der Waals surface area contributed by atoms with Crippen LogP contribution in [0.2, 0.25) is 5.02 Å². The lowest BCUT2D eigenvalue weighted by Crippen LogP contribution is -2.04. The summed E-state index contributed by atoms with van der Waals surface area (Å²) in [5.41, 5.74) is 0.851. The van der Waals surface area contributed by atoms with Gasteiger partial charge in [0, 0.05) is 16.3 Å². The highest BCUT2D eigenvalue weighted by Crippen LogP contribution is 2.53. The van der Waals surface area contributed by atoms with E-state index in [4.69, 9.17) is 16.0 Å². The Morgan fingerprint density at radius 1 is 1.41 bits per heavy atom. The quantitative estimate of drug-likeness (QED) is 0.741. The molecule has 1 fully saturated rings. The number of carbonyl (C=O) groups excluding carboxylic acids is 1. The van der Waals surface area contributed by atoms with Crippen LogP contribution in [-0.2, 0) is 0 Å². The van der Waals surface area contributed by atoms with Crippen molar-refractivity contribution in [2.45, 2.75) is 20.3 Å². The molecular formula is C14H13ClO2. The highest BCUT2D eigenvalue weighted by molar-refractivity contribution is 6.31. The lowest BCUT2D eigenvalue weighted by molar-refractivity contribution is 0.0928. The predicted octanol–water partition coefficient (Wildman–Crippen LogP) is 4.32. The van der Waals surface area contributed by atoms with Crippen LogP contribution in [0, 0.1) is 11.3 Å². The molecule has 1 aliphatic rings. The van der Waals surface area contributed by atoms with Crippen LogP contribution in [0.3, 0.4) is 0 Å². The number of Topliss-reactive ketones (excluding diaryl/α,β-unsaturated/α-hetero) is 1. The summed E-state index contributed by atoms with van der Waals surface area (Å²) in [5, 5.41) is 1.54. The molecule has 0 N–H and O–H groups in total. The number of rotatable bonds is 2. The minimum absolute atomic E-state index is 0.110. The van der Waals surface area contributed by atoms with Crippen LogP contribution in [0.1, 0.15) is 30.8 Å². The molecule has 88 valence electrons. The van der Waals surface area contributed by atoms with Gasteiger partial charge in [-0.05, 0) is 36.1 Å². The molecule has 2 nitrogen and oxygen atoms in total. The normalized spacial score (nSPS) is 21.7. The Labute approximate surface area is 105 Å². The summed E-state index contributed by atoms with van der Waals surface area (Å²) in [6, 6.07) is 7.17. The molecule has 0 amide bonds. The van der Waals surface area contributed by atoms with Crippen molar-refractivity contribution in [2.24, 2.45) is 11.3 Å². The first-order chi connectivity index (χ1) is 7.97. The fourth-order valence-electron chi connectivity index (χ4n) is 2.22. The second kappa shape index (κ2) is 3.36. The van der Waals surface area contributed by atoms with Crippen LogP contribution in [0.4, 0.5) is 0 Å². The Morgan fingerprint density at radius 3 is 2.76 bits per heavy atom. The zero-order valence-corrected chi connectivity index (χ0v) is 10.5. The van der Waals surface area contributed by atoms with Crippen LogP contribution >= 0.6 is 11.6 Å². The number of furan rings is 1. The Balaban J connectivity index is 1.99. The fourth-order valence-corrected chi connectivity index (χ4v) is 2.40. The smallest absolute Gasteiger partial charge is 0.201 e. The largest absolute Gasteiger partial charge is 0.453 e. The van der Waals surface area contributed by atoms with Crippen LogP contribution in [0.15, 0.2) is 28.7 Å². The molecule has 0 aliphatic heterocycles. The number of benzene rings is 1. The minimum atomic E-state index is 0.110. The van der Waals surface area contributed by atoms with Crippen molar-refractivity contribution in [3.05, 3.63) is 35.0 Å². The molecule has 1 aliphatic carbocycles. The first-order valence-electron chi connectivity index (χ1n) is 5.71. The van der Waals surface area contributed by atoms with E-state index in [0.29, 0.717) is 10.8 Å². The maximum atomic E-state index is 12.2. The van der Waals surface area contributed by atoms with E-state index >= 15 is 0 Å². The molecule has 1 aromatic carbocycles. The minimum Gasteiger partial charge on any atom is -0.453 e. The van der Waals surface area contributed by atoms with Crippen LogP contribution in [0.5, 0.6) is 0 Å². The zero-order valence-electron chi connectivity index (χ0n) is 9.79. The van der Waals surface area contributed by atoms with Gasteiger partial charge in [0.15, 0.2) is 5.76 Å². The number of ketones is 1. The van der Waals surface area contributed by atoms with E-state index in [2.05, 4.69) is 13.8 Å². The van der Waals surface area contributed by atoms with Gasteiger partial charge >= 0.3 is 0 Å². The van der Waals surface area contributed by atoms with E-state index in [1.165, 1.54) is 0 Å². The molecular weight excluding hydrogens is 236 g/mol. The molecule has 2 aromatic rings. The van der Waals surface area contributed by atoms with Crippen molar-refractivity contribution in [3.63, 3.8) is 0 Å². The molecule has 3 rings (SSSR count). The third kappa shape index (κ3) is 1.77. The van der Waals surface area contributed by atoms with Crippen molar-refractivity contribution in [3.8, 4) is 0 Å². The number of hydrogen-bond acceptors (Lipinski definition) is 2. The molecule has 0 bridgehead atoms. The van der Waals surface area contributed by atoms with Gasteiger partial charge in [-0.25, -0.2) is 0 Å². The third-order valence-corrected chi connectivity index (χ3v) is 3.79. The third-order valence-electron chi connectivity index (χ3n) is 3.55. The second-order valence-electron chi connectivity index (χ2n) is 5.40. The summed E-state index contributed by atoms with van der Waals surface area (Å²) in [4.78, 5) is 12.2. The van der Waals surface area contributed by atoms with Gasteiger partial charge in [-0.2, -0.15) is 0 Å². The number of halogens is 1. The van der Waals surface area contributed by atoms with Gasteiger partial charge < -0.3 is 4.42 Å². The Hall–Kier alpha value is -1.28. The molecule has 1 saturated carbocycles. The molecule has 1 aromatic heterocycles. The monoisotopic (exact) mass is 248 g/mol. The summed E-state index contributed by atoms with van der Waals surface area (Å²) in [6.07, 6.45) is 0.948. The van der Waals surface area contributed by atoms with E-state index in [1.54, 1.807) is 18.2 Å². The van der Waals surface area contributed by atoms with E-state index in [-0.39, 0.29) is 17.1 Å². The molecule has 0 spiro atoms. The zero-order chi connectivity index (χ0) is 12.2.